The third kappa shape index (κ3) is 1.84. The molecule has 22 heavy (non-hydrogen) atoms. The lowest BCUT2D eigenvalue weighted by Crippen LogP contribution is -2.07. The van der Waals surface area contributed by atoms with Gasteiger partial charge < -0.3 is 5.01 Å². The molecule has 0 aromatic heterocycles. The van der Waals surface area contributed by atoms with E-state index in [0.717, 1.165) is 5.71 Å². The highest BCUT2D eigenvalue weighted by atomic mass is 15.4. The van der Waals surface area contributed by atoms with E-state index in [2.05, 4.69) is 66.6 Å². The third-order valence-corrected chi connectivity index (χ3v) is 4.27. The Morgan fingerprint density at radius 3 is 2.05 bits per heavy atom. The minimum atomic E-state index is 1.04. The normalized spacial score (nSPS) is 12.6. The molecule has 0 aliphatic heterocycles. The van der Waals surface area contributed by atoms with Gasteiger partial charge in [-0.05, 0) is 39.2 Å². The molecule has 0 spiro atoms. The summed E-state index contributed by atoms with van der Waals surface area (Å²) in [4.78, 5) is 0. The van der Waals surface area contributed by atoms with Crippen molar-refractivity contribution < 1.29 is 0 Å². The van der Waals surface area contributed by atoms with Crippen LogP contribution in [-0.2, 0) is 0 Å². The van der Waals surface area contributed by atoms with E-state index in [1.807, 2.05) is 19.1 Å². The molecule has 0 fully saturated rings. The minimum Gasteiger partial charge on any atom is -0.303 e. The molecule has 4 rings (SSSR count). The fraction of sp³-hybridized carbons (Fsp3) is 0.150. The van der Waals surface area contributed by atoms with Crippen molar-refractivity contribution >= 4 is 38.0 Å². The number of hydrogen-bond acceptors (Lipinski definition) is 2. The summed E-state index contributed by atoms with van der Waals surface area (Å²) in [5.41, 5.74) is 2.25. The lowest BCUT2D eigenvalue weighted by atomic mass is 9.91. The van der Waals surface area contributed by atoms with E-state index in [-0.39, 0.29) is 0 Å². The van der Waals surface area contributed by atoms with Crippen LogP contribution < -0.4 is 0 Å². The van der Waals surface area contributed by atoms with Gasteiger partial charge in [0, 0.05) is 19.7 Å². The topological polar surface area (TPSA) is 15.6 Å². The van der Waals surface area contributed by atoms with Crippen LogP contribution in [0.2, 0.25) is 0 Å². The van der Waals surface area contributed by atoms with E-state index in [1.54, 1.807) is 0 Å². The van der Waals surface area contributed by atoms with Crippen molar-refractivity contribution in [2.45, 2.75) is 6.92 Å². The molecule has 108 valence electrons. The predicted octanol–water partition coefficient (Wildman–Crippen LogP) is 4.87. The predicted molar refractivity (Wildman–Crippen MR) is 96.0 cm³/mol. The summed E-state index contributed by atoms with van der Waals surface area (Å²) in [6.07, 6.45) is 0. The maximum absolute atomic E-state index is 4.58. The Labute approximate surface area is 130 Å². The third-order valence-electron chi connectivity index (χ3n) is 4.27. The summed E-state index contributed by atoms with van der Waals surface area (Å²) in [6, 6.07) is 19.8. The molecule has 0 atom stereocenters. The molecule has 0 radical (unpaired) electrons. The molecular weight excluding hydrogens is 268 g/mol. The SMILES string of the molecule is C/C(=N\N(C)C)c1ccc2ccc3cccc4ccc1c2c34. The zero-order chi connectivity index (χ0) is 15.3. The Morgan fingerprint density at radius 1 is 0.773 bits per heavy atom. The van der Waals surface area contributed by atoms with Crippen LogP contribution in [0.5, 0.6) is 0 Å². The summed E-state index contributed by atoms with van der Waals surface area (Å²) < 4.78 is 0. The van der Waals surface area contributed by atoms with Crippen molar-refractivity contribution in [3.8, 4) is 0 Å². The molecule has 2 nitrogen and oxygen atoms in total. The second-order valence-corrected chi connectivity index (χ2v) is 6.00. The van der Waals surface area contributed by atoms with Crippen molar-refractivity contribution in [3.63, 3.8) is 0 Å². The van der Waals surface area contributed by atoms with Gasteiger partial charge in [0.25, 0.3) is 0 Å². The van der Waals surface area contributed by atoms with E-state index in [4.69, 9.17) is 0 Å². The molecule has 2 heteroatoms. The fourth-order valence-electron chi connectivity index (χ4n) is 3.40. The molecule has 0 aliphatic carbocycles. The first-order valence-corrected chi connectivity index (χ1v) is 7.54. The highest BCUT2D eigenvalue weighted by molar-refractivity contribution is 6.26. The molecule has 0 heterocycles. The van der Waals surface area contributed by atoms with Crippen molar-refractivity contribution in [3.05, 3.63) is 60.2 Å². The number of hydrogen-bond donors (Lipinski definition) is 0. The van der Waals surface area contributed by atoms with Gasteiger partial charge in [-0.1, -0.05) is 54.6 Å². The Hall–Kier alpha value is -2.61. The van der Waals surface area contributed by atoms with Gasteiger partial charge in [-0.25, -0.2) is 0 Å². The summed E-state index contributed by atoms with van der Waals surface area (Å²) in [5, 5.41) is 14.3. The van der Waals surface area contributed by atoms with Crippen LogP contribution >= 0.6 is 0 Å². The van der Waals surface area contributed by atoms with Crippen LogP contribution in [0.4, 0.5) is 0 Å². The van der Waals surface area contributed by atoms with E-state index < -0.39 is 0 Å². The summed E-state index contributed by atoms with van der Waals surface area (Å²) >= 11 is 0. The van der Waals surface area contributed by atoms with Gasteiger partial charge in [-0.3, -0.25) is 0 Å². The van der Waals surface area contributed by atoms with Gasteiger partial charge >= 0.3 is 0 Å². The smallest absolute Gasteiger partial charge is 0.0652 e. The summed E-state index contributed by atoms with van der Waals surface area (Å²) in [7, 11) is 3.92. The average molecular weight is 286 g/mol. The molecule has 0 unspecified atom stereocenters. The van der Waals surface area contributed by atoms with Gasteiger partial charge in [0.1, 0.15) is 0 Å². The number of nitrogens with zero attached hydrogens (tertiary/aromatic N) is 2. The molecule has 0 N–H and O–H groups in total. The van der Waals surface area contributed by atoms with Crippen molar-refractivity contribution in [1.29, 1.82) is 0 Å². The maximum Gasteiger partial charge on any atom is 0.0652 e. The van der Waals surface area contributed by atoms with Gasteiger partial charge in [0.2, 0.25) is 0 Å². The van der Waals surface area contributed by atoms with Gasteiger partial charge in [0.15, 0.2) is 0 Å². The second kappa shape index (κ2) is 4.70. The van der Waals surface area contributed by atoms with Crippen LogP contribution in [0, 0.1) is 0 Å². The molecule has 4 aromatic rings. The first-order valence-electron chi connectivity index (χ1n) is 7.54. The number of benzene rings is 4. The van der Waals surface area contributed by atoms with Gasteiger partial charge in [-0.15, -0.1) is 0 Å². The molecular formula is C20H18N2. The highest BCUT2D eigenvalue weighted by Crippen LogP contribution is 2.36. The summed E-state index contributed by atoms with van der Waals surface area (Å²) in [6.45, 7) is 2.08. The van der Waals surface area contributed by atoms with Crippen LogP contribution in [0.3, 0.4) is 0 Å². The van der Waals surface area contributed by atoms with Crippen LogP contribution in [0.1, 0.15) is 12.5 Å². The molecule has 0 bridgehead atoms. The Bertz CT molecular complexity index is 996. The van der Waals surface area contributed by atoms with E-state index in [0.29, 0.717) is 0 Å². The standard InChI is InChI=1S/C20H18N2/c1-13(21-22(2)3)17-11-9-16-8-7-14-5-4-6-15-10-12-18(17)20(16)19(14)15/h4-12H,1-3H3/b21-13+. The Morgan fingerprint density at radius 2 is 1.36 bits per heavy atom. The molecule has 0 saturated heterocycles. The van der Waals surface area contributed by atoms with Crippen LogP contribution in [-0.4, -0.2) is 24.8 Å². The van der Waals surface area contributed by atoms with Gasteiger partial charge in [-0.2, -0.15) is 5.10 Å². The first kappa shape index (κ1) is 13.1. The van der Waals surface area contributed by atoms with Crippen molar-refractivity contribution in [2.75, 3.05) is 14.1 Å². The van der Waals surface area contributed by atoms with Crippen molar-refractivity contribution in [1.82, 2.24) is 5.01 Å². The lowest BCUT2D eigenvalue weighted by molar-refractivity contribution is 0.438. The monoisotopic (exact) mass is 286 g/mol. The lowest BCUT2D eigenvalue weighted by Gasteiger charge is -2.14. The quantitative estimate of drug-likeness (QED) is 0.291. The van der Waals surface area contributed by atoms with Gasteiger partial charge in [0.05, 0.1) is 5.71 Å². The first-order chi connectivity index (χ1) is 10.6. The van der Waals surface area contributed by atoms with E-state index in [1.165, 1.54) is 37.9 Å². The average Bonchev–Trinajstić information content (AvgIpc) is 2.51. The molecule has 0 amide bonds. The second-order valence-electron chi connectivity index (χ2n) is 6.00. The minimum absolute atomic E-state index is 1.04. The fourth-order valence-corrected chi connectivity index (χ4v) is 3.40. The largest absolute Gasteiger partial charge is 0.303 e. The molecule has 0 saturated carbocycles. The van der Waals surface area contributed by atoms with E-state index in [9.17, 15) is 0 Å². The van der Waals surface area contributed by atoms with Crippen LogP contribution in [0.15, 0.2) is 59.7 Å². The van der Waals surface area contributed by atoms with Crippen molar-refractivity contribution in [2.24, 2.45) is 5.10 Å². The Kier molecular flexibility index (Phi) is 2.80. The molecule has 0 aliphatic rings. The maximum atomic E-state index is 4.58. The summed E-state index contributed by atoms with van der Waals surface area (Å²) in [5.74, 6) is 0. The Balaban J connectivity index is 2.17. The number of hydrazone groups is 1. The molecule has 4 aromatic carbocycles. The highest BCUT2D eigenvalue weighted by Gasteiger charge is 2.12. The zero-order valence-electron chi connectivity index (χ0n) is 13.1. The number of rotatable bonds is 2. The van der Waals surface area contributed by atoms with Crippen LogP contribution in [0.25, 0.3) is 32.3 Å². The van der Waals surface area contributed by atoms with E-state index >= 15 is 0 Å². The zero-order valence-corrected chi connectivity index (χ0v) is 13.1.